The summed E-state index contributed by atoms with van der Waals surface area (Å²) in [7, 11) is 1.54. The Kier molecular flexibility index (Phi) is 10.5. The van der Waals surface area contributed by atoms with E-state index < -0.39 is 29.4 Å². The molecule has 0 amide bonds. The third kappa shape index (κ3) is 8.50. The Morgan fingerprint density at radius 2 is 1.06 bits per heavy atom. The van der Waals surface area contributed by atoms with Gasteiger partial charge in [-0.1, -0.05) is 24.3 Å². The van der Waals surface area contributed by atoms with E-state index in [1.54, 1.807) is 56.0 Å². The Bertz CT molecular complexity index is 2900. The number of halogens is 4. The number of hydrogen-bond donors (Lipinski definition) is 1. The summed E-state index contributed by atoms with van der Waals surface area (Å²) >= 11 is 0. The van der Waals surface area contributed by atoms with Crippen LogP contribution in [0.2, 0.25) is 0 Å². The fourth-order valence-electron chi connectivity index (χ4n) is 7.95. The molecule has 10 rings (SSSR count). The Hall–Kier alpha value is -7.50. The van der Waals surface area contributed by atoms with Crippen LogP contribution in [0.4, 0.5) is 17.6 Å². The van der Waals surface area contributed by atoms with Gasteiger partial charge in [0.15, 0.2) is 34.6 Å². The van der Waals surface area contributed by atoms with Crippen LogP contribution < -0.4 is 23.7 Å². The van der Waals surface area contributed by atoms with Gasteiger partial charge in [-0.15, -0.1) is 17.6 Å². The fraction of sp³-hybridized carbons (Fsp3) is 0.277. The molecule has 18 heteroatoms. The standard InChI is InChI=1S/C24H18F2N2O5.C23H19F2N3O4.H2/c1-13-12-27-20(28-21(13)14-2-4-15(5-3-14)22(30)31)11-19(29)23(8-9-23)16-6-7-17-18(10-16)33-24(25,26)32-17;1-13-11-26-19(28-21(13)14-3-6-20(30-2)27-12-14)10-18(29)22(7-8-22)15-4-5-16-17(9-15)32-23(24,25)31-16;/h2-7,10,12H,8-9,11H2,1H3,(H,30,31);3-6,9,11-12H,7-8,10H2,1-2H3;1H. The number of aryl methyl sites for hydroxylation is 2. The number of carboxylic acid groups (broad SMARTS) is 1. The number of carbonyl (C=O) groups excluding carboxylic acids is 2. The number of benzene rings is 3. The van der Waals surface area contributed by atoms with Crippen LogP contribution in [0.25, 0.3) is 22.5 Å². The van der Waals surface area contributed by atoms with Gasteiger partial charge in [-0.3, -0.25) is 9.59 Å². The molecule has 0 bridgehead atoms. The van der Waals surface area contributed by atoms with Gasteiger partial charge >= 0.3 is 18.6 Å². The van der Waals surface area contributed by atoms with E-state index in [1.807, 2.05) is 19.9 Å². The second-order valence-electron chi connectivity index (χ2n) is 16.1. The molecule has 6 aromatic rings. The number of ether oxygens (including phenoxy) is 5. The van der Waals surface area contributed by atoms with Gasteiger partial charge in [0.25, 0.3) is 0 Å². The number of carbonyl (C=O) groups is 3. The number of fused-ring (bicyclic) bond motifs is 2. The lowest BCUT2D eigenvalue weighted by atomic mass is 9.89. The highest BCUT2D eigenvalue weighted by molar-refractivity contribution is 5.95. The SMILES string of the molecule is COc1ccc(-c2nc(CC(=O)C3(c4ccc5c(c4)OC(F)(F)O5)CC3)ncc2C)cn1.Cc1cnc(CC(=O)C2(c3ccc4c(c3)OC(F)(F)O4)CC2)nc1-c1ccc(C(=O)O)cc1.[HH]. The summed E-state index contributed by atoms with van der Waals surface area (Å²) < 4.78 is 76.4. The van der Waals surface area contributed by atoms with Crippen molar-refractivity contribution >= 4 is 17.5 Å². The summed E-state index contributed by atoms with van der Waals surface area (Å²) in [5, 5.41) is 9.08. The van der Waals surface area contributed by atoms with Gasteiger partial charge in [0.1, 0.15) is 11.6 Å². The van der Waals surface area contributed by atoms with Gasteiger partial charge < -0.3 is 28.8 Å². The van der Waals surface area contributed by atoms with Crippen LogP contribution in [0.15, 0.2) is 91.4 Å². The molecule has 0 atom stereocenters. The van der Waals surface area contributed by atoms with Gasteiger partial charge in [0.2, 0.25) is 5.88 Å². The predicted octanol–water partition coefficient (Wildman–Crippen LogP) is 8.58. The second-order valence-corrected chi connectivity index (χ2v) is 16.1. The van der Waals surface area contributed by atoms with Gasteiger partial charge in [-0.2, -0.15) is 0 Å². The lowest BCUT2D eigenvalue weighted by Gasteiger charge is -2.15. The van der Waals surface area contributed by atoms with Crippen LogP contribution in [0.1, 0.15) is 71.4 Å². The zero-order chi connectivity index (χ0) is 45.9. The van der Waals surface area contributed by atoms with E-state index in [0.29, 0.717) is 71.3 Å². The van der Waals surface area contributed by atoms with E-state index in [1.165, 1.54) is 36.4 Å². The molecule has 0 spiro atoms. The number of alkyl halides is 4. The number of rotatable bonds is 12. The summed E-state index contributed by atoms with van der Waals surface area (Å²) in [4.78, 5) is 59.5. The summed E-state index contributed by atoms with van der Waals surface area (Å²) in [6.45, 7) is 3.72. The van der Waals surface area contributed by atoms with Gasteiger partial charge in [-0.25, -0.2) is 29.7 Å². The first-order valence-corrected chi connectivity index (χ1v) is 20.3. The van der Waals surface area contributed by atoms with Crippen molar-refractivity contribution in [2.24, 2.45) is 0 Å². The topological polar surface area (TPSA) is 182 Å². The molecule has 0 unspecified atom stereocenters. The fourth-order valence-corrected chi connectivity index (χ4v) is 7.95. The number of ketones is 2. The maximum absolute atomic E-state index is 13.3. The quantitative estimate of drug-likeness (QED) is 0.115. The highest BCUT2D eigenvalue weighted by Gasteiger charge is 2.53. The summed E-state index contributed by atoms with van der Waals surface area (Å²) in [5.74, 6) is -0.222. The molecule has 5 heterocycles. The molecule has 3 aromatic carbocycles. The molecule has 1 N–H and O–H groups in total. The Balaban J connectivity index is 0.000000177. The minimum Gasteiger partial charge on any atom is -0.481 e. The Labute approximate surface area is 369 Å². The van der Waals surface area contributed by atoms with E-state index in [-0.39, 0.29) is 54.4 Å². The predicted molar refractivity (Wildman–Crippen MR) is 222 cm³/mol. The molecule has 0 radical (unpaired) electrons. The van der Waals surface area contributed by atoms with E-state index in [9.17, 15) is 31.9 Å². The minimum atomic E-state index is -3.71. The highest BCUT2D eigenvalue weighted by Crippen LogP contribution is 2.54. The summed E-state index contributed by atoms with van der Waals surface area (Å²) in [6, 6.07) is 18.8. The highest BCUT2D eigenvalue weighted by atomic mass is 19.3. The number of methoxy groups -OCH3 is 1. The molecular formula is C47H39F4N5O9. The first-order chi connectivity index (χ1) is 31.0. The average Bonchev–Trinajstić information content (AvgIpc) is 4.21. The number of aromatic carboxylic acids is 1. The molecule has 4 aliphatic rings. The van der Waals surface area contributed by atoms with Crippen molar-refractivity contribution in [1.29, 1.82) is 0 Å². The van der Waals surface area contributed by atoms with Crippen molar-refractivity contribution in [3.8, 4) is 51.4 Å². The Morgan fingerprint density at radius 1 is 0.615 bits per heavy atom. The molecule has 334 valence electrons. The molecular weight excluding hydrogens is 855 g/mol. The first-order valence-electron chi connectivity index (χ1n) is 20.3. The average molecular weight is 894 g/mol. The maximum atomic E-state index is 13.3. The largest absolute Gasteiger partial charge is 0.586 e. The number of nitrogens with zero attached hydrogens (tertiary/aromatic N) is 5. The van der Waals surface area contributed by atoms with Crippen molar-refractivity contribution in [2.45, 2.75) is 75.8 Å². The van der Waals surface area contributed by atoms with Crippen molar-refractivity contribution in [3.63, 3.8) is 0 Å². The number of hydrogen-bond acceptors (Lipinski definition) is 13. The number of pyridine rings is 1. The van der Waals surface area contributed by atoms with Crippen LogP contribution in [0.5, 0.6) is 28.9 Å². The molecule has 2 saturated carbocycles. The summed E-state index contributed by atoms with van der Waals surface area (Å²) in [6.07, 6.45) is 0.00780. The molecule has 0 saturated heterocycles. The van der Waals surface area contributed by atoms with Crippen molar-refractivity contribution in [2.75, 3.05) is 7.11 Å². The molecule has 14 nitrogen and oxygen atoms in total. The van der Waals surface area contributed by atoms with Crippen LogP contribution >= 0.6 is 0 Å². The second kappa shape index (κ2) is 15.9. The zero-order valence-electron chi connectivity index (χ0n) is 34.9. The minimum absolute atomic E-state index is 0. The third-order valence-electron chi connectivity index (χ3n) is 11.8. The lowest BCUT2D eigenvalue weighted by molar-refractivity contribution is -0.287. The third-order valence-corrected chi connectivity index (χ3v) is 11.8. The van der Waals surface area contributed by atoms with Crippen LogP contribution in [0.3, 0.4) is 0 Å². The van der Waals surface area contributed by atoms with Crippen molar-refractivity contribution in [3.05, 3.63) is 131 Å². The smallest absolute Gasteiger partial charge is 0.481 e. The number of carboxylic acids is 1. The van der Waals surface area contributed by atoms with Gasteiger partial charge in [-0.05, 0) is 104 Å². The van der Waals surface area contributed by atoms with Crippen molar-refractivity contribution in [1.82, 2.24) is 24.9 Å². The number of aromatic nitrogens is 5. The molecule has 3 aromatic heterocycles. The normalized spacial score (nSPS) is 17.0. The maximum Gasteiger partial charge on any atom is 0.586 e. The van der Waals surface area contributed by atoms with Gasteiger partial charge in [0, 0.05) is 37.2 Å². The van der Waals surface area contributed by atoms with E-state index >= 15 is 0 Å². The molecule has 2 fully saturated rings. The van der Waals surface area contributed by atoms with Crippen LogP contribution in [-0.2, 0) is 33.3 Å². The van der Waals surface area contributed by atoms with Crippen LogP contribution in [0, 0.1) is 13.8 Å². The molecule has 65 heavy (non-hydrogen) atoms. The van der Waals surface area contributed by atoms with Crippen LogP contribution in [-0.4, -0.2) is 67.3 Å². The van der Waals surface area contributed by atoms with Gasteiger partial charge in [0.05, 0.1) is 47.7 Å². The molecule has 2 aliphatic heterocycles. The zero-order valence-corrected chi connectivity index (χ0v) is 34.9. The first kappa shape index (κ1) is 42.8. The Morgan fingerprint density at radius 3 is 1.48 bits per heavy atom. The summed E-state index contributed by atoms with van der Waals surface area (Å²) in [5.41, 5.74) is 4.31. The lowest BCUT2D eigenvalue weighted by Crippen LogP contribution is -2.26. The monoisotopic (exact) mass is 893 g/mol. The number of Topliss-reactive ketones (excluding diaryl/α,β-unsaturated/α-hetero) is 2. The van der Waals surface area contributed by atoms with E-state index in [2.05, 4.69) is 43.9 Å². The van der Waals surface area contributed by atoms with E-state index in [4.69, 9.17) is 9.84 Å². The molecule has 2 aliphatic carbocycles. The van der Waals surface area contributed by atoms with Crippen molar-refractivity contribution < 1.29 is 62.2 Å². The van der Waals surface area contributed by atoms with E-state index in [0.717, 1.165) is 16.7 Å².